The normalized spacial score (nSPS) is 22.1. The zero-order valence-corrected chi connectivity index (χ0v) is 21.6. The molecule has 1 amide bonds. The third-order valence-corrected chi connectivity index (χ3v) is 7.20. The van der Waals surface area contributed by atoms with E-state index in [2.05, 4.69) is 4.72 Å². The van der Waals surface area contributed by atoms with Crippen LogP contribution in [0.15, 0.2) is 18.2 Å². The third-order valence-electron chi connectivity index (χ3n) is 6.47. The molecule has 1 unspecified atom stereocenters. The fraction of sp³-hybridized carbons (Fsp3) is 0.667. The van der Waals surface area contributed by atoms with Gasteiger partial charge in [-0.05, 0) is 36.5 Å². The van der Waals surface area contributed by atoms with E-state index in [0.717, 1.165) is 42.4 Å². The van der Waals surface area contributed by atoms with Crippen LogP contribution in [-0.2, 0) is 30.9 Å². The van der Waals surface area contributed by atoms with Gasteiger partial charge < -0.3 is 9.84 Å². The number of hydroxylamine groups is 2. The van der Waals surface area contributed by atoms with Crippen LogP contribution in [0.2, 0.25) is 0 Å². The molecule has 0 saturated carbocycles. The third kappa shape index (κ3) is 7.16. The number of amides is 1. The molecule has 35 heavy (non-hydrogen) atoms. The lowest BCUT2D eigenvalue weighted by molar-refractivity contribution is -0.188. The maximum atomic E-state index is 13.1. The standard InChI is InChI=1S/C24H37N3O7S/c1-4-11-27(34-12-5-2)22(28)16-26-15-19(17-6-7-21-18(14-17)9-13-33-21)23(24(29)30)20(26)8-10-25-35(3,31)32/h6-7,14,19-20,23,25H,4-5,8-13,15-16H2,1-3H3,(H,29,30)/t19-,20+,23?/m1/s1. The first kappa shape index (κ1) is 27.4. The van der Waals surface area contributed by atoms with Gasteiger partial charge in [-0.15, -0.1) is 0 Å². The number of sulfonamides is 1. The van der Waals surface area contributed by atoms with Gasteiger partial charge in [0, 0.05) is 38.0 Å². The van der Waals surface area contributed by atoms with Crippen LogP contribution >= 0.6 is 0 Å². The van der Waals surface area contributed by atoms with Crippen molar-refractivity contribution in [3.8, 4) is 5.75 Å². The molecule has 1 aromatic rings. The summed E-state index contributed by atoms with van der Waals surface area (Å²) in [6.07, 6.45) is 3.61. The lowest BCUT2D eigenvalue weighted by atomic mass is 9.83. The minimum absolute atomic E-state index is 0.00158. The van der Waals surface area contributed by atoms with Gasteiger partial charge in [0.15, 0.2) is 0 Å². The molecule has 1 saturated heterocycles. The molecule has 2 aliphatic rings. The molecule has 11 heteroatoms. The minimum Gasteiger partial charge on any atom is -0.493 e. The molecule has 1 aromatic carbocycles. The maximum Gasteiger partial charge on any atom is 0.308 e. The summed E-state index contributed by atoms with van der Waals surface area (Å²) in [6.45, 7) is 5.86. The van der Waals surface area contributed by atoms with E-state index in [1.807, 2.05) is 36.9 Å². The molecule has 2 aliphatic heterocycles. The number of carbonyl (C=O) groups excluding carboxylic acids is 1. The summed E-state index contributed by atoms with van der Waals surface area (Å²) >= 11 is 0. The smallest absolute Gasteiger partial charge is 0.308 e. The van der Waals surface area contributed by atoms with E-state index in [4.69, 9.17) is 9.57 Å². The highest BCUT2D eigenvalue weighted by Crippen LogP contribution is 2.41. The van der Waals surface area contributed by atoms with Crippen LogP contribution in [0.5, 0.6) is 5.75 Å². The summed E-state index contributed by atoms with van der Waals surface area (Å²) < 4.78 is 31.3. The first-order valence-corrected chi connectivity index (χ1v) is 14.1. The van der Waals surface area contributed by atoms with Crippen molar-refractivity contribution in [2.45, 2.75) is 51.5 Å². The Labute approximate surface area is 207 Å². The number of benzene rings is 1. The topological polar surface area (TPSA) is 125 Å². The SMILES string of the molecule is CCCON(CCC)C(=O)CN1C[C@H](c2ccc3c(c2)CCO3)C(C(=O)O)[C@@H]1CCNS(C)(=O)=O. The number of likely N-dealkylation sites (tertiary alicyclic amines) is 1. The lowest BCUT2D eigenvalue weighted by Crippen LogP contribution is -2.45. The Morgan fingerprint density at radius 2 is 2.06 bits per heavy atom. The second-order valence-corrected chi connectivity index (χ2v) is 11.1. The fourth-order valence-electron chi connectivity index (χ4n) is 4.94. The Bertz CT molecular complexity index is 1000. The van der Waals surface area contributed by atoms with Crippen molar-refractivity contribution in [1.29, 1.82) is 0 Å². The number of nitrogens with zero attached hydrogens (tertiary/aromatic N) is 2. The number of hydrogen-bond acceptors (Lipinski definition) is 7. The first-order valence-electron chi connectivity index (χ1n) is 12.2. The van der Waals surface area contributed by atoms with E-state index >= 15 is 0 Å². The second-order valence-electron chi connectivity index (χ2n) is 9.22. The molecule has 196 valence electrons. The fourth-order valence-corrected chi connectivity index (χ4v) is 5.43. The Kier molecular flexibility index (Phi) is 9.51. The minimum atomic E-state index is -3.42. The van der Waals surface area contributed by atoms with Crippen LogP contribution in [0, 0.1) is 5.92 Å². The van der Waals surface area contributed by atoms with Crippen molar-refractivity contribution in [2.75, 3.05) is 45.6 Å². The molecule has 0 aliphatic carbocycles. The van der Waals surface area contributed by atoms with Gasteiger partial charge in [0.2, 0.25) is 10.0 Å². The van der Waals surface area contributed by atoms with E-state index in [1.165, 1.54) is 5.06 Å². The molecule has 2 heterocycles. The van der Waals surface area contributed by atoms with Crippen molar-refractivity contribution >= 4 is 21.9 Å². The van der Waals surface area contributed by atoms with Gasteiger partial charge in [-0.25, -0.2) is 18.2 Å². The largest absolute Gasteiger partial charge is 0.493 e. The van der Waals surface area contributed by atoms with E-state index < -0.39 is 28.0 Å². The van der Waals surface area contributed by atoms with Gasteiger partial charge in [-0.3, -0.25) is 19.3 Å². The highest BCUT2D eigenvalue weighted by molar-refractivity contribution is 7.88. The van der Waals surface area contributed by atoms with Crippen molar-refractivity contribution in [3.63, 3.8) is 0 Å². The average Bonchev–Trinajstić information content (AvgIpc) is 3.40. The monoisotopic (exact) mass is 511 g/mol. The molecule has 2 N–H and O–H groups in total. The molecule has 10 nitrogen and oxygen atoms in total. The van der Waals surface area contributed by atoms with Gasteiger partial charge in [0.25, 0.3) is 5.91 Å². The number of carbonyl (C=O) groups is 2. The summed E-state index contributed by atoms with van der Waals surface area (Å²) in [5, 5.41) is 11.6. The van der Waals surface area contributed by atoms with Gasteiger partial charge in [0.05, 0.1) is 31.9 Å². The van der Waals surface area contributed by atoms with E-state index in [9.17, 15) is 23.1 Å². The molecule has 1 fully saturated rings. The number of ether oxygens (including phenoxy) is 1. The zero-order chi connectivity index (χ0) is 25.6. The van der Waals surface area contributed by atoms with Crippen molar-refractivity contribution in [2.24, 2.45) is 5.92 Å². The summed E-state index contributed by atoms with van der Waals surface area (Å²) in [4.78, 5) is 33.1. The highest BCUT2D eigenvalue weighted by atomic mass is 32.2. The van der Waals surface area contributed by atoms with Crippen LogP contribution in [0.1, 0.15) is 50.2 Å². The summed E-state index contributed by atoms with van der Waals surface area (Å²) in [7, 11) is -3.42. The molecule has 0 aromatic heterocycles. The zero-order valence-electron chi connectivity index (χ0n) is 20.7. The van der Waals surface area contributed by atoms with Crippen molar-refractivity contribution in [3.05, 3.63) is 29.3 Å². The number of nitrogens with one attached hydrogen (secondary N) is 1. The summed E-state index contributed by atoms with van der Waals surface area (Å²) in [6, 6.07) is 5.27. The lowest BCUT2D eigenvalue weighted by Gasteiger charge is -2.29. The second kappa shape index (κ2) is 12.2. The van der Waals surface area contributed by atoms with Crippen molar-refractivity contribution in [1.82, 2.24) is 14.7 Å². The highest BCUT2D eigenvalue weighted by Gasteiger charge is 2.47. The van der Waals surface area contributed by atoms with Crippen LogP contribution < -0.4 is 9.46 Å². The Morgan fingerprint density at radius 3 is 2.71 bits per heavy atom. The number of fused-ring (bicyclic) bond motifs is 1. The van der Waals surface area contributed by atoms with Gasteiger partial charge in [-0.1, -0.05) is 26.0 Å². The van der Waals surface area contributed by atoms with Crippen LogP contribution in [0.4, 0.5) is 0 Å². The van der Waals surface area contributed by atoms with Crippen LogP contribution in [0.25, 0.3) is 0 Å². The van der Waals surface area contributed by atoms with E-state index in [-0.39, 0.29) is 31.3 Å². The predicted octanol–water partition coefficient (Wildman–Crippen LogP) is 1.61. The van der Waals surface area contributed by atoms with Gasteiger partial charge >= 0.3 is 5.97 Å². The predicted molar refractivity (Wildman–Crippen MR) is 131 cm³/mol. The van der Waals surface area contributed by atoms with E-state index in [0.29, 0.717) is 26.3 Å². The maximum absolute atomic E-state index is 13.1. The average molecular weight is 512 g/mol. The van der Waals surface area contributed by atoms with Crippen LogP contribution in [0.3, 0.4) is 0 Å². The van der Waals surface area contributed by atoms with Gasteiger partial charge in [-0.2, -0.15) is 0 Å². The number of carboxylic acid groups (broad SMARTS) is 1. The molecular formula is C24H37N3O7S. The Morgan fingerprint density at radius 1 is 1.29 bits per heavy atom. The molecule has 3 rings (SSSR count). The molecule has 0 bridgehead atoms. The Hall–Kier alpha value is -2.21. The number of hydrogen-bond donors (Lipinski definition) is 2. The summed E-state index contributed by atoms with van der Waals surface area (Å²) in [5.74, 6) is -1.50. The first-order chi connectivity index (χ1) is 16.6. The molecule has 0 radical (unpaired) electrons. The van der Waals surface area contributed by atoms with E-state index in [1.54, 1.807) is 0 Å². The summed E-state index contributed by atoms with van der Waals surface area (Å²) in [5.41, 5.74) is 1.95. The molecule has 0 spiro atoms. The number of aliphatic carboxylic acids is 1. The van der Waals surface area contributed by atoms with Crippen LogP contribution in [-0.4, -0.2) is 87.1 Å². The van der Waals surface area contributed by atoms with Gasteiger partial charge in [0.1, 0.15) is 5.75 Å². The molecular weight excluding hydrogens is 474 g/mol. The van der Waals surface area contributed by atoms with Crippen molar-refractivity contribution < 1.29 is 32.7 Å². The molecule has 3 atom stereocenters. The number of carboxylic acids is 1. The number of rotatable bonds is 13. The Balaban J connectivity index is 1.86. The quantitative estimate of drug-likeness (QED) is 0.383.